The Kier molecular flexibility index (Phi) is 4.56. The lowest BCUT2D eigenvalue weighted by Gasteiger charge is -2.32. The monoisotopic (exact) mass is 300 g/mol. The largest absolute Gasteiger partial charge is 0.464 e. The van der Waals surface area contributed by atoms with E-state index in [0.29, 0.717) is 23.4 Å². The summed E-state index contributed by atoms with van der Waals surface area (Å²) in [4.78, 5) is 0.212. The third kappa shape index (κ3) is 3.24. The molecule has 1 aliphatic carbocycles. The number of hydrogen-bond donors (Lipinski definition) is 2. The summed E-state index contributed by atoms with van der Waals surface area (Å²) in [5.41, 5.74) is 5.49. The summed E-state index contributed by atoms with van der Waals surface area (Å²) in [6.07, 6.45) is 3.02. The van der Waals surface area contributed by atoms with Gasteiger partial charge in [-0.2, -0.15) is 0 Å². The van der Waals surface area contributed by atoms with Gasteiger partial charge in [0, 0.05) is 12.1 Å². The van der Waals surface area contributed by atoms with Crippen molar-refractivity contribution < 1.29 is 12.8 Å². The number of nitrogens with one attached hydrogen (secondary N) is 1. The summed E-state index contributed by atoms with van der Waals surface area (Å²) < 4.78 is 33.1. The Morgan fingerprint density at radius 2 is 2.10 bits per heavy atom. The van der Waals surface area contributed by atoms with Gasteiger partial charge in [0.1, 0.15) is 16.4 Å². The summed E-state index contributed by atoms with van der Waals surface area (Å²) in [5, 5.41) is 0. The standard InChI is InChI=1S/C14H24N2O3S/c1-9-4-5-13(10(2)6-9)16-20(17,18)14-7-12(8-15)19-11(14)3/h7,9-10,13,16H,4-6,8,15H2,1-3H3. The molecule has 114 valence electrons. The van der Waals surface area contributed by atoms with E-state index in [0.717, 1.165) is 19.3 Å². The molecule has 0 aromatic carbocycles. The Hall–Kier alpha value is -0.850. The second-order valence-corrected chi connectivity index (χ2v) is 7.64. The van der Waals surface area contributed by atoms with Crippen LogP contribution >= 0.6 is 0 Å². The third-order valence-corrected chi connectivity index (χ3v) is 5.75. The van der Waals surface area contributed by atoms with Crippen LogP contribution in [-0.4, -0.2) is 14.5 Å². The molecular formula is C14H24N2O3S. The predicted molar refractivity (Wildman–Crippen MR) is 77.6 cm³/mol. The van der Waals surface area contributed by atoms with E-state index in [9.17, 15) is 8.42 Å². The van der Waals surface area contributed by atoms with Gasteiger partial charge in [-0.05, 0) is 38.0 Å². The quantitative estimate of drug-likeness (QED) is 0.892. The number of hydrogen-bond acceptors (Lipinski definition) is 4. The van der Waals surface area contributed by atoms with Crippen molar-refractivity contribution in [2.75, 3.05) is 0 Å². The number of nitrogens with two attached hydrogens (primary N) is 1. The van der Waals surface area contributed by atoms with Crippen molar-refractivity contribution in [3.8, 4) is 0 Å². The van der Waals surface area contributed by atoms with Gasteiger partial charge in [0.2, 0.25) is 10.0 Å². The summed E-state index contributed by atoms with van der Waals surface area (Å²) in [6, 6.07) is 1.53. The van der Waals surface area contributed by atoms with Crippen LogP contribution in [0.4, 0.5) is 0 Å². The molecular weight excluding hydrogens is 276 g/mol. The van der Waals surface area contributed by atoms with Crippen LogP contribution in [0.15, 0.2) is 15.4 Å². The van der Waals surface area contributed by atoms with Gasteiger partial charge in [0.05, 0.1) is 6.54 Å². The van der Waals surface area contributed by atoms with E-state index in [4.69, 9.17) is 10.2 Å². The molecule has 5 nitrogen and oxygen atoms in total. The normalized spacial score (nSPS) is 27.7. The first kappa shape index (κ1) is 15.5. The molecule has 0 radical (unpaired) electrons. The fourth-order valence-corrected chi connectivity index (χ4v) is 4.58. The molecule has 1 fully saturated rings. The Balaban J connectivity index is 2.16. The van der Waals surface area contributed by atoms with Crippen LogP contribution in [0.5, 0.6) is 0 Å². The molecule has 3 unspecified atom stereocenters. The second kappa shape index (κ2) is 5.87. The van der Waals surface area contributed by atoms with Crippen molar-refractivity contribution in [3.63, 3.8) is 0 Å². The molecule has 1 saturated carbocycles. The van der Waals surface area contributed by atoms with Crippen LogP contribution in [0.2, 0.25) is 0 Å². The Labute approximate surface area is 121 Å². The van der Waals surface area contributed by atoms with Crippen molar-refractivity contribution in [1.82, 2.24) is 4.72 Å². The fourth-order valence-electron chi connectivity index (χ4n) is 2.99. The van der Waals surface area contributed by atoms with Gasteiger partial charge in [-0.3, -0.25) is 0 Å². The molecule has 0 aliphatic heterocycles. The van der Waals surface area contributed by atoms with Crippen LogP contribution in [-0.2, 0) is 16.6 Å². The Morgan fingerprint density at radius 3 is 2.65 bits per heavy atom. The number of aryl methyl sites for hydroxylation is 1. The zero-order chi connectivity index (χ0) is 14.9. The van der Waals surface area contributed by atoms with Gasteiger partial charge in [-0.25, -0.2) is 13.1 Å². The van der Waals surface area contributed by atoms with Crippen LogP contribution in [0.3, 0.4) is 0 Å². The first-order chi connectivity index (χ1) is 9.33. The summed E-state index contributed by atoms with van der Waals surface area (Å²) >= 11 is 0. The lowest BCUT2D eigenvalue weighted by Crippen LogP contribution is -2.42. The molecule has 1 aliphatic rings. The number of sulfonamides is 1. The van der Waals surface area contributed by atoms with Gasteiger partial charge in [0.25, 0.3) is 0 Å². The molecule has 2 rings (SSSR count). The lowest BCUT2D eigenvalue weighted by atomic mass is 9.80. The molecule has 0 saturated heterocycles. The van der Waals surface area contributed by atoms with E-state index in [1.807, 2.05) is 0 Å². The molecule has 1 aromatic rings. The smallest absolute Gasteiger partial charge is 0.244 e. The van der Waals surface area contributed by atoms with Gasteiger partial charge in [-0.15, -0.1) is 0 Å². The zero-order valence-corrected chi connectivity index (χ0v) is 13.2. The number of rotatable bonds is 4. The molecule has 6 heteroatoms. The molecule has 3 atom stereocenters. The van der Waals surface area contributed by atoms with Crippen molar-refractivity contribution in [2.24, 2.45) is 17.6 Å². The maximum atomic E-state index is 12.5. The predicted octanol–water partition coefficient (Wildman–Crippen LogP) is 2.15. The molecule has 3 N–H and O–H groups in total. The molecule has 20 heavy (non-hydrogen) atoms. The van der Waals surface area contributed by atoms with E-state index in [-0.39, 0.29) is 17.5 Å². The molecule has 1 aromatic heterocycles. The molecule has 1 heterocycles. The van der Waals surface area contributed by atoms with Crippen LogP contribution in [0.1, 0.15) is 44.6 Å². The molecule has 0 spiro atoms. The Bertz CT molecular complexity index is 565. The minimum atomic E-state index is -3.53. The van der Waals surface area contributed by atoms with Crippen molar-refractivity contribution in [3.05, 3.63) is 17.6 Å². The van der Waals surface area contributed by atoms with Gasteiger partial charge in [0.15, 0.2) is 0 Å². The minimum Gasteiger partial charge on any atom is -0.464 e. The highest BCUT2D eigenvalue weighted by Gasteiger charge is 2.31. The summed E-state index contributed by atoms with van der Waals surface area (Å²) in [7, 11) is -3.53. The van der Waals surface area contributed by atoms with Crippen molar-refractivity contribution in [1.29, 1.82) is 0 Å². The van der Waals surface area contributed by atoms with Crippen LogP contribution in [0.25, 0.3) is 0 Å². The first-order valence-corrected chi connectivity index (χ1v) is 8.63. The van der Waals surface area contributed by atoms with E-state index in [2.05, 4.69) is 18.6 Å². The minimum absolute atomic E-state index is 0.00632. The van der Waals surface area contributed by atoms with Crippen molar-refractivity contribution >= 4 is 10.0 Å². The van der Waals surface area contributed by atoms with Gasteiger partial charge >= 0.3 is 0 Å². The van der Waals surface area contributed by atoms with Gasteiger partial charge < -0.3 is 10.2 Å². The molecule has 0 amide bonds. The lowest BCUT2D eigenvalue weighted by molar-refractivity contribution is 0.249. The molecule has 0 bridgehead atoms. The maximum absolute atomic E-state index is 12.5. The van der Waals surface area contributed by atoms with E-state index in [1.54, 1.807) is 6.92 Å². The SMILES string of the molecule is Cc1oc(CN)cc1S(=O)(=O)NC1CCC(C)CC1C. The van der Waals surface area contributed by atoms with Crippen LogP contribution in [0, 0.1) is 18.8 Å². The highest BCUT2D eigenvalue weighted by atomic mass is 32.2. The summed E-state index contributed by atoms with van der Waals surface area (Å²) in [6.45, 7) is 6.18. The third-order valence-electron chi connectivity index (χ3n) is 4.15. The highest BCUT2D eigenvalue weighted by molar-refractivity contribution is 7.89. The maximum Gasteiger partial charge on any atom is 0.244 e. The Morgan fingerprint density at radius 1 is 1.40 bits per heavy atom. The highest BCUT2D eigenvalue weighted by Crippen LogP contribution is 2.30. The second-order valence-electron chi connectivity index (χ2n) is 5.96. The van der Waals surface area contributed by atoms with E-state index >= 15 is 0 Å². The van der Waals surface area contributed by atoms with Crippen LogP contribution < -0.4 is 10.5 Å². The van der Waals surface area contributed by atoms with E-state index in [1.165, 1.54) is 6.07 Å². The average Bonchev–Trinajstić information content (AvgIpc) is 2.75. The van der Waals surface area contributed by atoms with Crippen molar-refractivity contribution in [2.45, 2.75) is 57.5 Å². The van der Waals surface area contributed by atoms with E-state index < -0.39 is 10.0 Å². The average molecular weight is 300 g/mol. The summed E-state index contributed by atoms with van der Waals surface area (Å²) in [5.74, 6) is 1.92. The topological polar surface area (TPSA) is 85.3 Å². The van der Waals surface area contributed by atoms with Gasteiger partial charge in [-0.1, -0.05) is 13.8 Å². The number of furan rings is 1. The fraction of sp³-hybridized carbons (Fsp3) is 0.714. The zero-order valence-electron chi connectivity index (χ0n) is 12.3. The first-order valence-electron chi connectivity index (χ1n) is 7.15.